The van der Waals surface area contributed by atoms with Crippen molar-refractivity contribution in [1.82, 2.24) is 9.97 Å². The lowest BCUT2D eigenvalue weighted by molar-refractivity contribution is 0.0697. The monoisotopic (exact) mass is 268 g/mol. The van der Waals surface area contributed by atoms with Crippen LogP contribution in [-0.2, 0) is 0 Å². The number of hydrogen-bond acceptors (Lipinski definition) is 2. The highest BCUT2D eigenvalue weighted by Gasteiger charge is 1.98. The van der Waals surface area contributed by atoms with Crippen molar-refractivity contribution in [2.75, 3.05) is 0 Å². The van der Waals surface area contributed by atoms with Crippen LogP contribution in [0.3, 0.4) is 0 Å². The van der Waals surface area contributed by atoms with E-state index in [1.54, 1.807) is 43.0 Å². The maximum absolute atomic E-state index is 10.3. The van der Waals surface area contributed by atoms with Gasteiger partial charge in [-0.3, -0.25) is 0 Å². The summed E-state index contributed by atoms with van der Waals surface area (Å²) in [5, 5.41) is 8.46. The fourth-order valence-electron chi connectivity index (χ4n) is 0.808. The van der Waals surface area contributed by atoms with Crippen molar-refractivity contribution in [3.05, 3.63) is 53.0 Å². The minimum absolute atomic E-state index is 0.309. The van der Waals surface area contributed by atoms with Gasteiger partial charge in [0.1, 0.15) is 0 Å². The number of benzene rings is 1. The number of H-pyrrole nitrogens is 1. The molecule has 2 rings (SSSR count). The summed E-state index contributed by atoms with van der Waals surface area (Å²) in [4.78, 5) is 16.7. The summed E-state index contributed by atoms with van der Waals surface area (Å²) in [5.74, 6) is -0.896. The first-order valence-corrected chi connectivity index (χ1v) is 4.91. The van der Waals surface area contributed by atoms with Gasteiger partial charge in [-0.05, 0) is 24.3 Å². The van der Waals surface area contributed by atoms with E-state index in [1.807, 2.05) is 0 Å². The van der Waals surface area contributed by atoms with Gasteiger partial charge in [-0.15, -0.1) is 0 Å². The molecule has 0 saturated heterocycles. The van der Waals surface area contributed by atoms with Crippen molar-refractivity contribution in [3.8, 4) is 0 Å². The molecule has 0 aliphatic rings. The lowest BCUT2D eigenvalue weighted by Crippen LogP contribution is -1.94. The normalized spacial score (nSPS) is 8.87. The Morgan fingerprint density at radius 1 is 1.33 bits per heavy atom. The van der Waals surface area contributed by atoms with E-state index >= 15 is 0 Å². The lowest BCUT2D eigenvalue weighted by atomic mass is 10.2. The van der Waals surface area contributed by atoms with Crippen molar-refractivity contribution in [2.24, 2.45) is 0 Å². The molecule has 0 saturated carbocycles. The SMILES string of the molecule is O=C(O)c1ccc(Br)cc1.c1c[nH]cn1. The van der Waals surface area contributed by atoms with Gasteiger partial charge in [-0.25, -0.2) is 9.78 Å². The second-order valence-electron chi connectivity index (χ2n) is 2.57. The standard InChI is InChI=1S/C7H5BrO2.C3H4N2/c8-6-3-1-5(2-4-6)7(9)10;1-2-5-3-4-1/h1-4H,(H,9,10);1-3H,(H,4,5). The third kappa shape index (κ3) is 4.42. The number of aromatic amines is 1. The van der Waals surface area contributed by atoms with Crippen LogP contribution in [0, 0.1) is 0 Å². The predicted octanol–water partition coefficient (Wildman–Crippen LogP) is 2.56. The van der Waals surface area contributed by atoms with Gasteiger partial charge in [0.2, 0.25) is 0 Å². The van der Waals surface area contributed by atoms with E-state index in [9.17, 15) is 4.79 Å². The molecule has 1 aromatic carbocycles. The number of imidazole rings is 1. The Hall–Kier alpha value is -1.62. The van der Waals surface area contributed by atoms with Crippen molar-refractivity contribution in [2.45, 2.75) is 0 Å². The van der Waals surface area contributed by atoms with Crippen LogP contribution in [0.1, 0.15) is 10.4 Å². The number of nitrogens with zero attached hydrogens (tertiary/aromatic N) is 1. The summed E-state index contributed by atoms with van der Waals surface area (Å²) < 4.78 is 0.887. The highest BCUT2D eigenvalue weighted by molar-refractivity contribution is 9.10. The third-order valence-corrected chi connectivity index (χ3v) is 2.03. The Kier molecular flexibility index (Phi) is 4.56. The molecule has 0 aliphatic carbocycles. The van der Waals surface area contributed by atoms with Crippen LogP contribution in [0.25, 0.3) is 0 Å². The van der Waals surface area contributed by atoms with Gasteiger partial charge < -0.3 is 10.1 Å². The Bertz CT molecular complexity index is 381. The average Bonchev–Trinajstić information content (AvgIpc) is 2.76. The number of carboxylic acid groups (broad SMARTS) is 1. The number of hydrogen-bond donors (Lipinski definition) is 2. The van der Waals surface area contributed by atoms with Crippen molar-refractivity contribution in [3.63, 3.8) is 0 Å². The van der Waals surface area contributed by atoms with E-state index < -0.39 is 5.97 Å². The molecule has 2 aromatic rings. The zero-order chi connectivity index (χ0) is 11.1. The summed E-state index contributed by atoms with van der Waals surface area (Å²) in [6.07, 6.45) is 5.08. The quantitative estimate of drug-likeness (QED) is 0.836. The lowest BCUT2D eigenvalue weighted by Gasteiger charge is -1.91. The molecular weight excluding hydrogens is 260 g/mol. The van der Waals surface area contributed by atoms with Crippen molar-refractivity contribution >= 4 is 21.9 Å². The van der Waals surface area contributed by atoms with E-state index in [2.05, 4.69) is 25.9 Å². The first-order valence-electron chi connectivity index (χ1n) is 4.12. The molecule has 4 nitrogen and oxygen atoms in total. The summed E-state index contributed by atoms with van der Waals surface area (Å²) in [7, 11) is 0. The number of nitrogens with one attached hydrogen (secondary N) is 1. The molecular formula is C10H9BrN2O2. The molecule has 1 heterocycles. The van der Waals surface area contributed by atoms with Crippen LogP contribution >= 0.6 is 15.9 Å². The van der Waals surface area contributed by atoms with Gasteiger partial charge in [0.05, 0.1) is 11.9 Å². The Morgan fingerprint density at radius 2 is 2.00 bits per heavy atom. The second-order valence-corrected chi connectivity index (χ2v) is 3.49. The minimum atomic E-state index is -0.896. The van der Waals surface area contributed by atoms with Gasteiger partial charge >= 0.3 is 5.97 Å². The van der Waals surface area contributed by atoms with E-state index in [0.717, 1.165) is 4.47 Å². The number of rotatable bonds is 1. The molecule has 0 fully saturated rings. The molecule has 0 atom stereocenters. The fourth-order valence-corrected chi connectivity index (χ4v) is 1.07. The summed E-state index contributed by atoms with van der Waals surface area (Å²) in [6.45, 7) is 0. The zero-order valence-corrected chi connectivity index (χ0v) is 9.31. The smallest absolute Gasteiger partial charge is 0.335 e. The van der Waals surface area contributed by atoms with Gasteiger partial charge in [-0.1, -0.05) is 15.9 Å². The first-order chi connectivity index (χ1) is 7.20. The van der Waals surface area contributed by atoms with E-state index in [-0.39, 0.29) is 0 Å². The highest BCUT2D eigenvalue weighted by atomic mass is 79.9. The first kappa shape index (κ1) is 11.5. The number of aromatic carboxylic acids is 1. The Balaban J connectivity index is 0.000000187. The summed E-state index contributed by atoms with van der Waals surface area (Å²) in [5.41, 5.74) is 0.309. The van der Waals surface area contributed by atoms with E-state index in [1.165, 1.54) is 0 Å². The van der Waals surface area contributed by atoms with Gasteiger partial charge in [0, 0.05) is 16.9 Å². The van der Waals surface area contributed by atoms with Gasteiger partial charge in [0.25, 0.3) is 0 Å². The number of carboxylic acids is 1. The average molecular weight is 269 g/mol. The van der Waals surface area contributed by atoms with E-state index in [0.29, 0.717) is 5.56 Å². The molecule has 0 amide bonds. The third-order valence-electron chi connectivity index (χ3n) is 1.50. The molecule has 0 bridgehead atoms. The van der Waals surface area contributed by atoms with Crippen LogP contribution in [0.15, 0.2) is 47.5 Å². The molecule has 2 N–H and O–H groups in total. The van der Waals surface area contributed by atoms with Crippen LogP contribution in [-0.4, -0.2) is 21.0 Å². The Labute approximate surface area is 95.1 Å². The van der Waals surface area contributed by atoms with Crippen LogP contribution in [0.4, 0.5) is 0 Å². The largest absolute Gasteiger partial charge is 0.478 e. The van der Waals surface area contributed by atoms with E-state index in [4.69, 9.17) is 5.11 Å². The molecule has 0 radical (unpaired) electrons. The zero-order valence-electron chi connectivity index (χ0n) is 7.72. The van der Waals surface area contributed by atoms with Crippen LogP contribution < -0.4 is 0 Å². The molecule has 1 aromatic heterocycles. The van der Waals surface area contributed by atoms with Gasteiger partial charge in [0.15, 0.2) is 0 Å². The second kappa shape index (κ2) is 5.98. The number of halogens is 1. The maximum atomic E-state index is 10.3. The van der Waals surface area contributed by atoms with Crippen molar-refractivity contribution in [1.29, 1.82) is 0 Å². The number of aromatic nitrogens is 2. The summed E-state index contributed by atoms with van der Waals surface area (Å²) >= 11 is 3.20. The Morgan fingerprint density at radius 3 is 2.33 bits per heavy atom. The summed E-state index contributed by atoms with van der Waals surface area (Å²) in [6, 6.07) is 6.49. The van der Waals surface area contributed by atoms with Crippen LogP contribution in [0.2, 0.25) is 0 Å². The highest BCUT2D eigenvalue weighted by Crippen LogP contribution is 2.09. The topological polar surface area (TPSA) is 66.0 Å². The van der Waals surface area contributed by atoms with Gasteiger partial charge in [-0.2, -0.15) is 0 Å². The molecule has 15 heavy (non-hydrogen) atoms. The molecule has 0 aliphatic heterocycles. The van der Waals surface area contributed by atoms with Crippen LogP contribution in [0.5, 0.6) is 0 Å². The molecule has 0 unspecified atom stereocenters. The number of carbonyl (C=O) groups is 1. The predicted molar refractivity (Wildman–Crippen MR) is 59.7 cm³/mol. The molecule has 5 heteroatoms. The molecule has 0 spiro atoms. The molecule has 78 valence electrons. The minimum Gasteiger partial charge on any atom is -0.478 e. The van der Waals surface area contributed by atoms with Crippen molar-refractivity contribution < 1.29 is 9.90 Å². The fraction of sp³-hybridized carbons (Fsp3) is 0. The maximum Gasteiger partial charge on any atom is 0.335 e.